The van der Waals surface area contributed by atoms with Gasteiger partial charge in [-0.25, -0.2) is 4.39 Å². The Morgan fingerprint density at radius 1 is 1.25 bits per heavy atom. The lowest BCUT2D eigenvalue weighted by Gasteiger charge is -2.16. The number of carbonyl (C=O) groups is 2. The van der Waals surface area contributed by atoms with Crippen molar-refractivity contribution in [1.29, 1.82) is 0 Å². The summed E-state index contributed by atoms with van der Waals surface area (Å²) in [6, 6.07) is 6.32. The predicted octanol–water partition coefficient (Wildman–Crippen LogP) is 2.91. The molecule has 1 aliphatic heterocycles. The monoisotopic (exact) mass is 334 g/mol. The van der Waals surface area contributed by atoms with Gasteiger partial charge in [-0.15, -0.1) is 0 Å². The fourth-order valence-corrected chi connectivity index (χ4v) is 2.99. The topological polar surface area (TPSA) is 49.4 Å². The van der Waals surface area contributed by atoms with Crippen molar-refractivity contribution in [2.75, 3.05) is 19.6 Å². The highest BCUT2D eigenvalue weighted by atomic mass is 19.1. The van der Waals surface area contributed by atoms with Gasteiger partial charge in [-0.1, -0.05) is 38.3 Å². The number of hydrogen-bond donors (Lipinski definition) is 1. The molecule has 0 spiro atoms. The number of nitrogens with zero attached hydrogens (tertiary/aromatic N) is 1. The molecule has 1 heterocycles. The number of hydrogen-bond acceptors (Lipinski definition) is 2. The first kappa shape index (κ1) is 18.4. The van der Waals surface area contributed by atoms with Gasteiger partial charge in [0.05, 0.1) is 5.92 Å². The van der Waals surface area contributed by atoms with Crippen molar-refractivity contribution in [3.8, 4) is 0 Å². The third-order valence-corrected chi connectivity index (χ3v) is 4.50. The van der Waals surface area contributed by atoms with E-state index in [9.17, 15) is 14.0 Å². The summed E-state index contributed by atoms with van der Waals surface area (Å²) in [7, 11) is 0. The van der Waals surface area contributed by atoms with Crippen LogP contribution in [0.5, 0.6) is 0 Å². The molecule has 132 valence electrons. The summed E-state index contributed by atoms with van der Waals surface area (Å²) in [5, 5.41) is 2.95. The van der Waals surface area contributed by atoms with Crippen LogP contribution in [0.15, 0.2) is 24.3 Å². The van der Waals surface area contributed by atoms with Gasteiger partial charge in [0.25, 0.3) is 0 Å². The van der Waals surface area contributed by atoms with E-state index < -0.39 is 0 Å². The van der Waals surface area contributed by atoms with Crippen molar-refractivity contribution in [3.05, 3.63) is 35.6 Å². The third kappa shape index (κ3) is 5.62. The zero-order chi connectivity index (χ0) is 17.4. The van der Waals surface area contributed by atoms with E-state index in [0.717, 1.165) is 18.4 Å². The van der Waals surface area contributed by atoms with Crippen LogP contribution in [0.4, 0.5) is 4.39 Å². The van der Waals surface area contributed by atoms with Crippen LogP contribution < -0.4 is 5.32 Å². The van der Waals surface area contributed by atoms with Crippen molar-refractivity contribution >= 4 is 11.8 Å². The molecular formula is C19H27FN2O2. The molecule has 1 saturated heterocycles. The van der Waals surface area contributed by atoms with Gasteiger partial charge in [-0.3, -0.25) is 9.59 Å². The van der Waals surface area contributed by atoms with Crippen LogP contribution in [0.1, 0.15) is 44.6 Å². The molecule has 1 aliphatic rings. The van der Waals surface area contributed by atoms with Gasteiger partial charge in [0.2, 0.25) is 11.8 Å². The molecule has 1 aromatic rings. The maximum Gasteiger partial charge on any atom is 0.225 e. The summed E-state index contributed by atoms with van der Waals surface area (Å²) in [4.78, 5) is 26.0. The molecule has 2 rings (SSSR count). The van der Waals surface area contributed by atoms with Gasteiger partial charge in [0.15, 0.2) is 0 Å². The zero-order valence-corrected chi connectivity index (χ0v) is 14.4. The van der Waals surface area contributed by atoms with Crippen molar-refractivity contribution in [3.63, 3.8) is 0 Å². The number of likely N-dealkylation sites (tertiary alicyclic amines) is 1. The van der Waals surface area contributed by atoms with Gasteiger partial charge < -0.3 is 10.2 Å². The molecule has 1 N–H and O–H groups in total. The van der Waals surface area contributed by atoms with E-state index in [1.165, 1.54) is 25.0 Å². The molecule has 0 aromatic heterocycles. The highest BCUT2D eigenvalue weighted by Crippen LogP contribution is 2.18. The fourth-order valence-electron chi connectivity index (χ4n) is 2.99. The molecule has 24 heavy (non-hydrogen) atoms. The van der Waals surface area contributed by atoms with E-state index in [1.54, 1.807) is 17.0 Å². The summed E-state index contributed by atoms with van der Waals surface area (Å²) < 4.78 is 12.9. The molecule has 0 unspecified atom stereocenters. The molecular weight excluding hydrogens is 307 g/mol. The van der Waals surface area contributed by atoms with Gasteiger partial charge in [-0.05, 0) is 30.5 Å². The number of benzene rings is 1. The average Bonchev–Trinajstić information content (AvgIpc) is 2.95. The third-order valence-electron chi connectivity index (χ3n) is 4.50. The normalized spacial score (nSPS) is 17.3. The summed E-state index contributed by atoms with van der Waals surface area (Å²) in [5.74, 6) is -0.476. The molecule has 0 bridgehead atoms. The molecule has 0 saturated carbocycles. The first-order chi connectivity index (χ1) is 11.6. The number of rotatable bonds is 9. The van der Waals surface area contributed by atoms with Crippen LogP contribution in [0.3, 0.4) is 0 Å². The summed E-state index contributed by atoms with van der Waals surface area (Å²) in [6.07, 6.45) is 5.46. The second-order valence-electron chi connectivity index (χ2n) is 6.47. The number of amides is 2. The summed E-state index contributed by atoms with van der Waals surface area (Å²) >= 11 is 0. The SMILES string of the molecule is CCCCCCNC(=O)[C@@H]1CC(=O)N(CCc2ccc(F)cc2)C1. The van der Waals surface area contributed by atoms with Crippen LogP contribution in [0.25, 0.3) is 0 Å². The molecule has 0 radical (unpaired) electrons. The highest BCUT2D eigenvalue weighted by molar-refractivity contribution is 5.89. The van der Waals surface area contributed by atoms with E-state index in [0.29, 0.717) is 32.5 Å². The van der Waals surface area contributed by atoms with Crippen molar-refractivity contribution in [2.45, 2.75) is 45.4 Å². The van der Waals surface area contributed by atoms with E-state index >= 15 is 0 Å². The van der Waals surface area contributed by atoms with Crippen LogP contribution >= 0.6 is 0 Å². The minimum Gasteiger partial charge on any atom is -0.356 e. The predicted molar refractivity (Wildman–Crippen MR) is 91.9 cm³/mol. The lowest BCUT2D eigenvalue weighted by Crippen LogP contribution is -2.34. The summed E-state index contributed by atoms with van der Waals surface area (Å²) in [5.41, 5.74) is 0.994. The van der Waals surface area contributed by atoms with Crippen LogP contribution in [0, 0.1) is 11.7 Å². The fraction of sp³-hybridized carbons (Fsp3) is 0.579. The quantitative estimate of drug-likeness (QED) is 0.706. The minimum absolute atomic E-state index is 0.0101. The molecule has 1 aromatic carbocycles. The van der Waals surface area contributed by atoms with Gasteiger partial charge >= 0.3 is 0 Å². The second-order valence-corrected chi connectivity index (χ2v) is 6.47. The Kier molecular flexibility index (Phi) is 7.22. The van der Waals surface area contributed by atoms with E-state index in [2.05, 4.69) is 12.2 Å². The molecule has 5 heteroatoms. The van der Waals surface area contributed by atoms with E-state index in [4.69, 9.17) is 0 Å². The lowest BCUT2D eigenvalue weighted by molar-refractivity contribution is -0.129. The standard InChI is InChI=1S/C19H27FN2O2/c1-2-3-4-5-11-21-19(24)16-13-18(23)22(14-16)12-10-15-6-8-17(20)9-7-15/h6-9,16H,2-5,10-14H2,1H3,(H,21,24)/t16-/m1/s1. The zero-order valence-electron chi connectivity index (χ0n) is 14.4. The molecule has 2 amide bonds. The van der Waals surface area contributed by atoms with Crippen LogP contribution in [-0.2, 0) is 16.0 Å². The maximum atomic E-state index is 12.9. The van der Waals surface area contributed by atoms with Crippen LogP contribution in [0.2, 0.25) is 0 Å². The van der Waals surface area contributed by atoms with E-state index in [-0.39, 0.29) is 23.5 Å². The number of unbranched alkanes of at least 4 members (excludes halogenated alkanes) is 3. The van der Waals surface area contributed by atoms with Crippen molar-refractivity contribution in [2.24, 2.45) is 5.92 Å². The molecule has 1 fully saturated rings. The summed E-state index contributed by atoms with van der Waals surface area (Å²) in [6.45, 7) is 3.91. The van der Waals surface area contributed by atoms with Gasteiger partial charge in [0, 0.05) is 26.1 Å². The highest BCUT2D eigenvalue weighted by Gasteiger charge is 2.33. The number of halogens is 1. The Labute approximate surface area is 143 Å². The molecule has 1 atom stereocenters. The van der Waals surface area contributed by atoms with E-state index in [1.807, 2.05) is 0 Å². The average molecular weight is 334 g/mol. The Morgan fingerprint density at radius 3 is 2.71 bits per heavy atom. The number of carbonyl (C=O) groups excluding carboxylic acids is 2. The molecule has 0 aliphatic carbocycles. The van der Waals surface area contributed by atoms with Crippen LogP contribution in [-0.4, -0.2) is 36.3 Å². The lowest BCUT2D eigenvalue weighted by atomic mass is 10.1. The van der Waals surface area contributed by atoms with Gasteiger partial charge in [0.1, 0.15) is 5.82 Å². The van der Waals surface area contributed by atoms with Crippen molar-refractivity contribution in [1.82, 2.24) is 10.2 Å². The Hall–Kier alpha value is -1.91. The second kappa shape index (κ2) is 9.40. The van der Waals surface area contributed by atoms with Gasteiger partial charge in [-0.2, -0.15) is 0 Å². The maximum absolute atomic E-state index is 12.9. The first-order valence-corrected chi connectivity index (χ1v) is 8.90. The number of nitrogens with one attached hydrogen (secondary N) is 1. The minimum atomic E-state index is -0.258. The smallest absolute Gasteiger partial charge is 0.225 e. The molecule has 4 nitrogen and oxygen atoms in total. The Morgan fingerprint density at radius 2 is 2.00 bits per heavy atom. The largest absolute Gasteiger partial charge is 0.356 e. The van der Waals surface area contributed by atoms with Crippen molar-refractivity contribution < 1.29 is 14.0 Å². The first-order valence-electron chi connectivity index (χ1n) is 8.90. The Bertz CT molecular complexity index is 545. The Balaban J connectivity index is 1.72.